The van der Waals surface area contributed by atoms with Crippen LogP contribution in [0.5, 0.6) is 0 Å². The van der Waals surface area contributed by atoms with Gasteiger partial charge in [0.25, 0.3) is 0 Å². The predicted octanol–water partition coefficient (Wildman–Crippen LogP) is 0.663. The summed E-state index contributed by atoms with van der Waals surface area (Å²) in [7, 11) is 1.72. The number of hydrogen-bond donors (Lipinski definition) is 3. The number of carbonyl (C=O) groups is 3. The lowest BCUT2D eigenvalue weighted by molar-refractivity contribution is -0.130. The van der Waals surface area contributed by atoms with Crippen molar-refractivity contribution in [3.05, 3.63) is 35.9 Å². The summed E-state index contributed by atoms with van der Waals surface area (Å²) in [6.45, 7) is 3.90. The van der Waals surface area contributed by atoms with E-state index in [0.29, 0.717) is 19.1 Å². The highest BCUT2D eigenvalue weighted by molar-refractivity contribution is 5.90. The van der Waals surface area contributed by atoms with Crippen LogP contribution in [-0.4, -0.2) is 43.8 Å². The molecule has 6 heteroatoms. The van der Waals surface area contributed by atoms with E-state index in [2.05, 4.69) is 16.0 Å². The first kappa shape index (κ1) is 19.8. The fourth-order valence-electron chi connectivity index (χ4n) is 2.42. The summed E-state index contributed by atoms with van der Waals surface area (Å²) in [5.74, 6) is -0.327. The third kappa shape index (κ3) is 6.91. The molecule has 1 aromatic carbocycles. The van der Waals surface area contributed by atoms with Crippen LogP contribution < -0.4 is 16.0 Å². The molecule has 6 nitrogen and oxygen atoms in total. The molecular weight excluding hydrogens is 306 g/mol. The monoisotopic (exact) mass is 333 g/mol. The Hall–Kier alpha value is -2.21. The zero-order valence-corrected chi connectivity index (χ0v) is 14.5. The van der Waals surface area contributed by atoms with Crippen LogP contribution in [0.1, 0.15) is 25.8 Å². The summed E-state index contributed by atoms with van der Waals surface area (Å²) in [5.41, 5.74) is 1.04. The van der Waals surface area contributed by atoms with Crippen LogP contribution in [0, 0.1) is 5.92 Å². The molecule has 0 aliphatic heterocycles. The number of rotatable bonds is 10. The van der Waals surface area contributed by atoms with E-state index >= 15 is 0 Å². The normalized spacial score (nSPS) is 13.2. The second kappa shape index (κ2) is 10.5. The Bertz CT molecular complexity index is 532. The van der Waals surface area contributed by atoms with Gasteiger partial charge < -0.3 is 20.7 Å². The van der Waals surface area contributed by atoms with Crippen LogP contribution in [0.25, 0.3) is 0 Å². The second-order valence-corrected chi connectivity index (χ2v) is 6.13. The summed E-state index contributed by atoms with van der Waals surface area (Å²) in [6, 6.07) is 8.61. The van der Waals surface area contributed by atoms with Crippen LogP contribution >= 0.6 is 0 Å². The fourth-order valence-corrected chi connectivity index (χ4v) is 2.42. The van der Waals surface area contributed by atoms with Crippen LogP contribution in [-0.2, 0) is 20.8 Å². The number of aldehydes is 1. The molecular formula is C18H27N3O3. The molecule has 0 aliphatic carbocycles. The van der Waals surface area contributed by atoms with E-state index in [4.69, 9.17) is 0 Å². The molecule has 2 amide bonds. The molecule has 0 saturated heterocycles. The number of hydrogen-bond acceptors (Lipinski definition) is 4. The first-order valence-electron chi connectivity index (χ1n) is 8.20. The van der Waals surface area contributed by atoms with Gasteiger partial charge in [0.15, 0.2) is 0 Å². The molecule has 0 spiro atoms. The van der Waals surface area contributed by atoms with E-state index in [9.17, 15) is 14.4 Å². The standard InChI is InChI=1S/C18H27N3O3/c1-13(2)11-16(17(23)20-9-10-22)21-18(24)15(19-3)12-14-7-5-4-6-8-14/h4-8,10,13,15-16,19H,9,11-12H2,1-3H3,(H,20,23)(H,21,24)/t15-,16?/m1/s1. The molecule has 0 heterocycles. The van der Waals surface area contributed by atoms with Gasteiger partial charge >= 0.3 is 0 Å². The molecule has 3 N–H and O–H groups in total. The number of nitrogens with one attached hydrogen (secondary N) is 3. The maximum atomic E-state index is 12.5. The van der Waals surface area contributed by atoms with Gasteiger partial charge in [0, 0.05) is 0 Å². The van der Waals surface area contributed by atoms with E-state index in [0.717, 1.165) is 5.56 Å². The van der Waals surface area contributed by atoms with Gasteiger partial charge in [-0.05, 0) is 31.4 Å². The molecule has 2 atom stereocenters. The fraction of sp³-hybridized carbons (Fsp3) is 0.500. The predicted molar refractivity (Wildman–Crippen MR) is 93.5 cm³/mol. The largest absolute Gasteiger partial charge is 0.348 e. The molecule has 0 fully saturated rings. The van der Waals surface area contributed by atoms with Crippen molar-refractivity contribution >= 4 is 18.1 Å². The Morgan fingerprint density at radius 1 is 1.08 bits per heavy atom. The highest BCUT2D eigenvalue weighted by Gasteiger charge is 2.25. The smallest absolute Gasteiger partial charge is 0.242 e. The van der Waals surface area contributed by atoms with Crippen molar-refractivity contribution in [3.63, 3.8) is 0 Å². The maximum absolute atomic E-state index is 12.5. The van der Waals surface area contributed by atoms with E-state index in [-0.39, 0.29) is 24.3 Å². The Morgan fingerprint density at radius 2 is 1.75 bits per heavy atom. The van der Waals surface area contributed by atoms with Gasteiger partial charge in [-0.15, -0.1) is 0 Å². The minimum absolute atomic E-state index is 0.0528. The average Bonchev–Trinajstić information content (AvgIpc) is 2.57. The second-order valence-electron chi connectivity index (χ2n) is 6.13. The van der Waals surface area contributed by atoms with E-state index in [1.807, 2.05) is 44.2 Å². The maximum Gasteiger partial charge on any atom is 0.242 e. The Labute approximate surface area is 143 Å². The number of amides is 2. The van der Waals surface area contributed by atoms with Gasteiger partial charge in [0.1, 0.15) is 12.3 Å². The van der Waals surface area contributed by atoms with Crippen molar-refractivity contribution in [2.75, 3.05) is 13.6 Å². The van der Waals surface area contributed by atoms with Crippen molar-refractivity contribution in [3.8, 4) is 0 Å². The molecule has 0 radical (unpaired) electrons. The summed E-state index contributed by atoms with van der Waals surface area (Å²) in [4.78, 5) is 35.1. The van der Waals surface area contributed by atoms with E-state index < -0.39 is 12.1 Å². The van der Waals surface area contributed by atoms with Crippen molar-refractivity contribution in [1.82, 2.24) is 16.0 Å². The van der Waals surface area contributed by atoms with Crippen LogP contribution in [0.4, 0.5) is 0 Å². The summed E-state index contributed by atoms with van der Waals surface area (Å²) < 4.78 is 0. The number of carbonyl (C=O) groups excluding carboxylic acids is 3. The molecule has 0 aromatic heterocycles. The van der Waals surface area contributed by atoms with Gasteiger partial charge in [-0.1, -0.05) is 44.2 Å². The van der Waals surface area contributed by atoms with Crippen LogP contribution in [0.3, 0.4) is 0 Å². The van der Waals surface area contributed by atoms with E-state index in [1.54, 1.807) is 7.05 Å². The lowest BCUT2D eigenvalue weighted by atomic mass is 10.0. The molecule has 0 bridgehead atoms. The zero-order chi connectivity index (χ0) is 17.9. The van der Waals surface area contributed by atoms with Gasteiger partial charge in [0.2, 0.25) is 11.8 Å². The Balaban J connectivity index is 2.72. The summed E-state index contributed by atoms with van der Waals surface area (Å²) in [5, 5.41) is 8.30. The summed E-state index contributed by atoms with van der Waals surface area (Å²) >= 11 is 0. The Kier molecular flexibility index (Phi) is 8.71. The lowest BCUT2D eigenvalue weighted by Gasteiger charge is -2.23. The van der Waals surface area contributed by atoms with Gasteiger partial charge in [-0.2, -0.15) is 0 Å². The van der Waals surface area contributed by atoms with Crippen LogP contribution in [0.15, 0.2) is 30.3 Å². The molecule has 132 valence electrons. The number of likely N-dealkylation sites (N-methyl/N-ethyl adjacent to an activating group) is 1. The van der Waals surface area contributed by atoms with Gasteiger partial charge in [-0.3, -0.25) is 9.59 Å². The minimum atomic E-state index is -0.649. The molecule has 24 heavy (non-hydrogen) atoms. The minimum Gasteiger partial charge on any atom is -0.348 e. The summed E-state index contributed by atoms with van der Waals surface area (Å²) in [6.07, 6.45) is 1.67. The topological polar surface area (TPSA) is 87.3 Å². The van der Waals surface area contributed by atoms with Crippen molar-refractivity contribution in [2.24, 2.45) is 5.92 Å². The third-order valence-corrected chi connectivity index (χ3v) is 3.65. The van der Waals surface area contributed by atoms with Crippen molar-refractivity contribution < 1.29 is 14.4 Å². The van der Waals surface area contributed by atoms with Gasteiger partial charge in [-0.25, -0.2) is 0 Å². The molecule has 1 unspecified atom stereocenters. The molecule has 0 aliphatic rings. The van der Waals surface area contributed by atoms with Crippen molar-refractivity contribution in [2.45, 2.75) is 38.8 Å². The first-order chi connectivity index (χ1) is 11.5. The SMILES string of the molecule is CN[C@H](Cc1ccccc1)C(=O)NC(CC(C)C)C(=O)NCC=O. The molecule has 1 aromatic rings. The molecule has 1 rings (SSSR count). The number of benzene rings is 1. The quantitative estimate of drug-likeness (QED) is 0.549. The first-order valence-corrected chi connectivity index (χ1v) is 8.20. The zero-order valence-electron chi connectivity index (χ0n) is 14.5. The molecule has 0 saturated carbocycles. The highest BCUT2D eigenvalue weighted by atomic mass is 16.2. The van der Waals surface area contributed by atoms with Crippen LogP contribution in [0.2, 0.25) is 0 Å². The Morgan fingerprint density at radius 3 is 2.29 bits per heavy atom. The van der Waals surface area contributed by atoms with Gasteiger partial charge in [0.05, 0.1) is 12.6 Å². The highest BCUT2D eigenvalue weighted by Crippen LogP contribution is 2.07. The lowest BCUT2D eigenvalue weighted by Crippen LogP contribution is -2.53. The van der Waals surface area contributed by atoms with Crippen molar-refractivity contribution in [1.29, 1.82) is 0 Å². The average molecular weight is 333 g/mol. The van der Waals surface area contributed by atoms with E-state index in [1.165, 1.54) is 0 Å². The third-order valence-electron chi connectivity index (χ3n) is 3.65.